The molecule has 1 aromatic heterocycles. The molecule has 0 spiro atoms. The average Bonchev–Trinajstić information content (AvgIpc) is 3.03. The lowest BCUT2D eigenvalue weighted by atomic mass is 10.1. The van der Waals surface area contributed by atoms with Crippen molar-refractivity contribution in [1.29, 1.82) is 0 Å². The molecule has 0 aliphatic heterocycles. The number of rotatable bonds is 8. The van der Waals surface area contributed by atoms with Gasteiger partial charge in [0.2, 0.25) is 5.91 Å². The topological polar surface area (TPSA) is 42.7 Å². The quantitative estimate of drug-likeness (QED) is 0.747. The van der Waals surface area contributed by atoms with Gasteiger partial charge in [-0.2, -0.15) is 0 Å². The maximum atomic E-state index is 12.4. The average molecular weight is 322 g/mol. The minimum atomic E-state index is 0.0633. The Morgan fingerprint density at radius 3 is 2.77 bits per heavy atom. The molecular weight excluding hydrogens is 302 g/mol. The number of furan rings is 1. The lowest BCUT2D eigenvalue weighted by molar-refractivity contribution is -0.132. The van der Waals surface area contributed by atoms with Crippen molar-refractivity contribution < 1.29 is 13.9 Å². The van der Waals surface area contributed by atoms with Crippen LogP contribution in [-0.2, 0) is 22.5 Å². The molecule has 1 heterocycles. The molecule has 0 saturated heterocycles. The van der Waals surface area contributed by atoms with Crippen molar-refractivity contribution in [1.82, 2.24) is 4.90 Å². The maximum absolute atomic E-state index is 12.4. The Kier molecular flexibility index (Phi) is 6.49. The van der Waals surface area contributed by atoms with E-state index < -0.39 is 0 Å². The van der Waals surface area contributed by atoms with Crippen molar-refractivity contribution >= 4 is 17.5 Å². The van der Waals surface area contributed by atoms with E-state index in [0.717, 1.165) is 11.3 Å². The number of nitrogens with zero attached hydrogens (tertiary/aromatic N) is 1. The zero-order valence-electron chi connectivity index (χ0n) is 12.6. The summed E-state index contributed by atoms with van der Waals surface area (Å²) in [5, 5.41) is 0.699. The van der Waals surface area contributed by atoms with Gasteiger partial charge in [-0.15, -0.1) is 0 Å². The van der Waals surface area contributed by atoms with Crippen molar-refractivity contribution in [2.75, 3.05) is 20.3 Å². The van der Waals surface area contributed by atoms with Gasteiger partial charge in [0.25, 0.3) is 0 Å². The van der Waals surface area contributed by atoms with Crippen LogP contribution in [-0.4, -0.2) is 31.1 Å². The highest BCUT2D eigenvalue weighted by Gasteiger charge is 2.15. The Labute approximate surface area is 135 Å². The zero-order chi connectivity index (χ0) is 15.8. The maximum Gasteiger partial charge on any atom is 0.223 e. The Morgan fingerprint density at radius 2 is 2.09 bits per heavy atom. The molecule has 4 nitrogen and oxygen atoms in total. The first-order valence-corrected chi connectivity index (χ1v) is 7.61. The molecule has 2 aromatic rings. The lowest BCUT2D eigenvalue weighted by Gasteiger charge is -2.21. The molecule has 0 bridgehead atoms. The number of benzene rings is 1. The number of hydrogen-bond donors (Lipinski definition) is 0. The number of methoxy groups -OCH3 is 1. The fourth-order valence-electron chi connectivity index (χ4n) is 2.18. The third kappa shape index (κ3) is 4.90. The third-order valence-corrected chi connectivity index (χ3v) is 3.78. The summed E-state index contributed by atoms with van der Waals surface area (Å²) in [5.74, 6) is 0.829. The van der Waals surface area contributed by atoms with Crippen molar-refractivity contribution in [3.63, 3.8) is 0 Å². The van der Waals surface area contributed by atoms with Crippen molar-refractivity contribution in [3.8, 4) is 0 Å². The number of amides is 1. The number of hydrogen-bond acceptors (Lipinski definition) is 3. The summed E-state index contributed by atoms with van der Waals surface area (Å²) < 4.78 is 10.4. The second-order valence-electron chi connectivity index (χ2n) is 4.98. The number of carbonyl (C=O) groups is 1. The summed E-state index contributed by atoms with van der Waals surface area (Å²) in [7, 11) is 1.62. The number of aryl methyl sites for hydroxylation is 1. The van der Waals surface area contributed by atoms with Crippen LogP contribution in [0.2, 0.25) is 5.02 Å². The van der Waals surface area contributed by atoms with Gasteiger partial charge in [-0.1, -0.05) is 29.8 Å². The minimum Gasteiger partial charge on any atom is -0.467 e. The van der Waals surface area contributed by atoms with Crippen LogP contribution >= 0.6 is 11.6 Å². The van der Waals surface area contributed by atoms with Crippen LogP contribution in [0.1, 0.15) is 17.7 Å². The Balaban J connectivity index is 1.94. The first-order chi connectivity index (χ1) is 10.7. The van der Waals surface area contributed by atoms with Gasteiger partial charge in [0.1, 0.15) is 5.76 Å². The van der Waals surface area contributed by atoms with Gasteiger partial charge in [-0.25, -0.2) is 0 Å². The molecule has 0 atom stereocenters. The molecule has 1 amide bonds. The molecule has 2 rings (SSSR count). The largest absolute Gasteiger partial charge is 0.467 e. The summed E-state index contributed by atoms with van der Waals surface area (Å²) >= 11 is 6.13. The van der Waals surface area contributed by atoms with Crippen LogP contribution in [0.15, 0.2) is 47.1 Å². The fraction of sp³-hybridized carbons (Fsp3) is 0.353. The first kappa shape index (κ1) is 16.6. The normalized spacial score (nSPS) is 10.6. The van der Waals surface area contributed by atoms with Crippen LogP contribution in [0.5, 0.6) is 0 Å². The number of ether oxygens (including phenoxy) is 1. The van der Waals surface area contributed by atoms with E-state index in [1.807, 2.05) is 36.4 Å². The Morgan fingerprint density at radius 1 is 1.27 bits per heavy atom. The summed E-state index contributed by atoms with van der Waals surface area (Å²) in [4.78, 5) is 14.2. The van der Waals surface area contributed by atoms with Gasteiger partial charge in [-0.3, -0.25) is 4.79 Å². The van der Waals surface area contributed by atoms with Crippen LogP contribution in [0, 0.1) is 0 Å². The van der Waals surface area contributed by atoms with E-state index in [2.05, 4.69) is 0 Å². The van der Waals surface area contributed by atoms with Gasteiger partial charge < -0.3 is 14.1 Å². The minimum absolute atomic E-state index is 0.0633. The van der Waals surface area contributed by atoms with Crippen molar-refractivity contribution in [2.24, 2.45) is 0 Å². The molecule has 118 valence electrons. The monoisotopic (exact) mass is 321 g/mol. The molecular formula is C17H20ClNO3. The number of halogens is 1. The molecule has 0 saturated carbocycles. The van der Waals surface area contributed by atoms with Gasteiger partial charge >= 0.3 is 0 Å². The van der Waals surface area contributed by atoms with E-state index >= 15 is 0 Å². The molecule has 1 aromatic carbocycles. The summed E-state index contributed by atoms with van der Waals surface area (Å²) in [6, 6.07) is 11.3. The van der Waals surface area contributed by atoms with E-state index in [1.54, 1.807) is 18.3 Å². The highest BCUT2D eigenvalue weighted by molar-refractivity contribution is 6.31. The summed E-state index contributed by atoms with van der Waals surface area (Å²) in [5.41, 5.74) is 0.988. The molecule has 5 heteroatoms. The predicted octanol–water partition coefficient (Wildman–Crippen LogP) is 3.54. The first-order valence-electron chi connectivity index (χ1n) is 7.23. The van der Waals surface area contributed by atoms with Gasteiger partial charge in [0.15, 0.2) is 0 Å². The molecule has 0 radical (unpaired) electrons. The highest BCUT2D eigenvalue weighted by atomic mass is 35.5. The van der Waals surface area contributed by atoms with Crippen LogP contribution in [0.4, 0.5) is 0 Å². The molecule has 0 aliphatic carbocycles. The summed E-state index contributed by atoms with van der Waals surface area (Å²) in [6.45, 7) is 1.49. The Bertz CT molecular complexity index is 583. The smallest absolute Gasteiger partial charge is 0.223 e. The molecule has 0 N–H and O–H groups in total. The van der Waals surface area contributed by atoms with Crippen LogP contribution < -0.4 is 0 Å². The second-order valence-corrected chi connectivity index (χ2v) is 5.39. The van der Waals surface area contributed by atoms with E-state index in [9.17, 15) is 4.79 Å². The number of carbonyl (C=O) groups excluding carboxylic acids is 1. The predicted molar refractivity (Wildman–Crippen MR) is 85.8 cm³/mol. The third-order valence-electron chi connectivity index (χ3n) is 3.41. The molecule has 22 heavy (non-hydrogen) atoms. The van der Waals surface area contributed by atoms with Gasteiger partial charge in [0, 0.05) is 25.1 Å². The SMILES string of the molecule is COCCN(Cc1ccco1)C(=O)CCc1ccccc1Cl. The van der Waals surface area contributed by atoms with E-state index in [-0.39, 0.29) is 5.91 Å². The standard InChI is InChI=1S/C17H20ClNO3/c1-21-12-10-19(13-15-6-4-11-22-15)17(20)9-8-14-5-2-3-7-16(14)18/h2-7,11H,8-10,12-13H2,1H3. The van der Waals surface area contributed by atoms with Crippen molar-refractivity contribution in [3.05, 3.63) is 59.0 Å². The lowest BCUT2D eigenvalue weighted by Crippen LogP contribution is -2.33. The van der Waals surface area contributed by atoms with E-state index in [1.165, 1.54) is 0 Å². The van der Waals surface area contributed by atoms with E-state index in [4.69, 9.17) is 20.8 Å². The van der Waals surface area contributed by atoms with Gasteiger partial charge in [-0.05, 0) is 30.2 Å². The highest BCUT2D eigenvalue weighted by Crippen LogP contribution is 2.17. The van der Waals surface area contributed by atoms with Crippen LogP contribution in [0.25, 0.3) is 0 Å². The van der Waals surface area contributed by atoms with Crippen LogP contribution in [0.3, 0.4) is 0 Å². The Hall–Kier alpha value is -1.78. The van der Waals surface area contributed by atoms with E-state index in [0.29, 0.717) is 37.6 Å². The molecule has 0 unspecified atom stereocenters. The fourth-order valence-corrected chi connectivity index (χ4v) is 2.42. The molecule has 0 aliphatic rings. The second kappa shape index (κ2) is 8.61. The summed E-state index contributed by atoms with van der Waals surface area (Å²) in [6.07, 6.45) is 2.65. The zero-order valence-corrected chi connectivity index (χ0v) is 13.4. The molecule has 0 fully saturated rings. The van der Waals surface area contributed by atoms with Gasteiger partial charge in [0.05, 0.1) is 19.4 Å². The van der Waals surface area contributed by atoms with Crippen molar-refractivity contribution in [2.45, 2.75) is 19.4 Å².